The van der Waals surface area contributed by atoms with Gasteiger partial charge in [0.15, 0.2) is 0 Å². The maximum atomic E-state index is 6.27. The number of rotatable bonds is 5. The van der Waals surface area contributed by atoms with Gasteiger partial charge in [0.1, 0.15) is 5.76 Å². The molecule has 0 amide bonds. The zero-order valence-electron chi connectivity index (χ0n) is 10.4. The normalized spacial score (nSPS) is 14.7. The van der Waals surface area contributed by atoms with Crippen molar-refractivity contribution in [2.24, 2.45) is 5.73 Å². The predicted molar refractivity (Wildman–Crippen MR) is 82.3 cm³/mol. The smallest absolute Gasteiger partial charge is 0.114 e. The Morgan fingerprint density at radius 2 is 2.33 bits per heavy atom. The zero-order chi connectivity index (χ0) is 13.1. The molecule has 0 saturated carbocycles. The Morgan fingerprint density at radius 1 is 1.56 bits per heavy atom. The summed E-state index contributed by atoms with van der Waals surface area (Å²) in [6.45, 7) is 4.12. The van der Waals surface area contributed by atoms with Crippen LogP contribution in [0.3, 0.4) is 0 Å². The summed E-state index contributed by atoms with van der Waals surface area (Å²) < 4.78 is 6.48. The van der Waals surface area contributed by atoms with Gasteiger partial charge < -0.3 is 10.2 Å². The molecular weight excluding hydrogens is 330 g/mol. The lowest BCUT2D eigenvalue weighted by molar-refractivity contribution is 0.526. The Labute approximate surface area is 124 Å². The van der Waals surface area contributed by atoms with Gasteiger partial charge in [0.25, 0.3) is 0 Å². The van der Waals surface area contributed by atoms with E-state index in [1.807, 2.05) is 13.0 Å². The number of halogens is 1. The van der Waals surface area contributed by atoms with Gasteiger partial charge in [0, 0.05) is 25.7 Å². The van der Waals surface area contributed by atoms with Gasteiger partial charge in [-0.3, -0.25) is 0 Å². The van der Waals surface area contributed by atoms with Crippen LogP contribution in [0.15, 0.2) is 37.6 Å². The molecule has 2 rings (SSSR count). The van der Waals surface area contributed by atoms with Crippen LogP contribution in [0.5, 0.6) is 0 Å². The highest BCUT2D eigenvalue weighted by atomic mass is 79.9. The number of aryl methyl sites for hydroxylation is 1. The molecule has 0 spiro atoms. The minimum absolute atomic E-state index is 0.148. The van der Waals surface area contributed by atoms with E-state index in [2.05, 4.69) is 34.3 Å². The first kappa shape index (κ1) is 14.2. The molecule has 5 heteroatoms. The van der Waals surface area contributed by atoms with E-state index in [9.17, 15) is 0 Å². The molecule has 2 heterocycles. The van der Waals surface area contributed by atoms with Crippen LogP contribution in [0.25, 0.3) is 0 Å². The number of hydrogen-bond donors (Lipinski definition) is 1. The van der Waals surface area contributed by atoms with Crippen LogP contribution in [0.2, 0.25) is 0 Å². The molecule has 18 heavy (non-hydrogen) atoms. The second-order valence-corrected chi connectivity index (χ2v) is 7.16. The summed E-state index contributed by atoms with van der Waals surface area (Å²) in [5.41, 5.74) is 6.27. The Balaban J connectivity index is 2.23. The highest BCUT2D eigenvalue weighted by Crippen LogP contribution is 2.42. The summed E-state index contributed by atoms with van der Waals surface area (Å²) in [6, 6.07) is 4.32. The van der Waals surface area contributed by atoms with Crippen LogP contribution < -0.4 is 5.73 Å². The fourth-order valence-corrected chi connectivity index (χ4v) is 4.66. The standard InChI is InChI=1S/C13H16BrNOS2/c1-3-10(15)13(12-6-9(14)7-17-12)18-11-4-5-16-8(11)2/h4-7,10,13H,3,15H2,1-2H3. The van der Waals surface area contributed by atoms with E-state index in [1.54, 1.807) is 29.4 Å². The highest BCUT2D eigenvalue weighted by Gasteiger charge is 2.22. The lowest BCUT2D eigenvalue weighted by Gasteiger charge is -2.20. The molecule has 0 saturated heterocycles. The largest absolute Gasteiger partial charge is 0.468 e. The lowest BCUT2D eigenvalue weighted by atomic mass is 10.1. The molecule has 0 radical (unpaired) electrons. The van der Waals surface area contributed by atoms with Crippen molar-refractivity contribution < 1.29 is 4.42 Å². The van der Waals surface area contributed by atoms with E-state index in [1.165, 1.54) is 9.77 Å². The Morgan fingerprint density at radius 3 is 2.83 bits per heavy atom. The van der Waals surface area contributed by atoms with Gasteiger partial charge in [-0.1, -0.05) is 6.92 Å². The molecule has 0 aliphatic rings. The average molecular weight is 346 g/mol. The van der Waals surface area contributed by atoms with E-state index in [4.69, 9.17) is 10.2 Å². The van der Waals surface area contributed by atoms with Crippen molar-refractivity contribution in [1.82, 2.24) is 0 Å². The first-order chi connectivity index (χ1) is 8.61. The van der Waals surface area contributed by atoms with Crippen molar-refractivity contribution in [3.05, 3.63) is 38.9 Å². The molecule has 98 valence electrons. The van der Waals surface area contributed by atoms with E-state index in [0.717, 1.165) is 16.7 Å². The molecule has 0 aromatic carbocycles. The molecule has 2 aromatic heterocycles. The van der Waals surface area contributed by atoms with E-state index >= 15 is 0 Å². The number of hydrogen-bond acceptors (Lipinski definition) is 4. The molecule has 0 bridgehead atoms. The number of furan rings is 1. The van der Waals surface area contributed by atoms with Gasteiger partial charge in [-0.25, -0.2) is 0 Å². The fraction of sp³-hybridized carbons (Fsp3) is 0.385. The highest BCUT2D eigenvalue weighted by molar-refractivity contribution is 9.10. The summed E-state index contributed by atoms with van der Waals surface area (Å²) in [5, 5.41) is 2.38. The average Bonchev–Trinajstić information content (AvgIpc) is 2.94. The molecule has 0 aliphatic carbocycles. The van der Waals surface area contributed by atoms with Crippen molar-refractivity contribution in [3.63, 3.8) is 0 Å². The van der Waals surface area contributed by atoms with Gasteiger partial charge in [0.05, 0.1) is 11.5 Å². The van der Waals surface area contributed by atoms with E-state index in [-0.39, 0.29) is 11.3 Å². The zero-order valence-corrected chi connectivity index (χ0v) is 13.6. The first-order valence-corrected chi connectivity index (χ1v) is 8.37. The molecule has 0 aliphatic heterocycles. The van der Waals surface area contributed by atoms with E-state index < -0.39 is 0 Å². The van der Waals surface area contributed by atoms with Crippen LogP contribution >= 0.6 is 39.0 Å². The Kier molecular flexibility index (Phi) is 4.95. The Hall–Kier alpha value is -0.230. The lowest BCUT2D eigenvalue weighted by Crippen LogP contribution is -2.25. The Bertz CT molecular complexity index is 509. The van der Waals surface area contributed by atoms with Crippen LogP contribution in [0.4, 0.5) is 0 Å². The molecule has 2 atom stereocenters. The second-order valence-electron chi connectivity index (χ2n) is 4.12. The maximum absolute atomic E-state index is 6.27. The van der Waals surface area contributed by atoms with Crippen molar-refractivity contribution >= 4 is 39.0 Å². The van der Waals surface area contributed by atoms with Crippen LogP contribution in [0, 0.1) is 6.92 Å². The van der Waals surface area contributed by atoms with Crippen molar-refractivity contribution in [3.8, 4) is 0 Å². The van der Waals surface area contributed by atoms with Crippen molar-refractivity contribution in [1.29, 1.82) is 0 Å². The third kappa shape index (κ3) is 3.20. The molecule has 2 nitrogen and oxygen atoms in total. The van der Waals surface area contributed by atoms with Gasteiger partial charge in [-0.05, 0) is 41.4 Å². The number of nitrogens with two attached hydrogens (primary N) is 1. The summed E-state index contributed by atoms with van der Waals surface area (Å²) in [7, 11) is 0. The van der Waals surface area contributed by atoms with Crippen LogP contribution in [0.1, 0.15) is 29.2 Å². The third-order valence-electron chi connectivity index (χ3n) is 2.79. The third-order valence-corrected chi connectivity index (χ3v) is 6.25. The molecule has 2 unspecified atom stereocenters. The molecule has 2 N–H and O–H groups in total. The first-order valence-electron chi connectivity index (χ1n) is 5.82. The SMILES string of the molecule is CCC(N)C(Sc1ccoc1C)c1cc(Br)cs1. The quantitative estimate of drug-likeness (QED) is 0.776. The van der Waals surface area contributed by atoms with Crippen molar-refractivity contribution in [2.45, 2.75) is 36.5 Å². The second kappa shape index (κ2) is 6.28. The van der Waals surface area contributed by atoms with Gasteiger partial charge in [0.2, 0.25) is 0 Å². The fourth-order valence-electron chi connectivity index (χ4n) is 1.68. The van der Waals surface area contributed by atoms with Gasteiger partial charge in [-0.15, -0.1) is 23.1 Å². The molecule has 0 fully saturated rings. The molecular formula is C13H16BrNOS2. The summed E-state index contributed by atoms with van der Waals surface area (Å²) in [4.78, 5) is 2.48. The monoisotopic (exact) mass is 345 g/mol. The predicted octanol–water partition coefficient (Wildman–Crippen LogP) is 4.98. The minimum Gasteiger partial charge on any atom is -0.468 e. The number of thioether (sulfide) groups is 1. The van der Waals surface area contributed by atoms with Crippen LogP contribution in [-0.2, 0) is 0 Å². The summed E-state index contributed by atoms with van der Waals surface area (Å²) in [5.74, 6) is 0.962. The van der Waals surface area contributed by atoms with Crippen LogP contribution in [-0.4, -0.2) is 6.04 Å². The summed E-state index contributed by atoms with van der Waals surface area (Å²) in [6.07, 6.45) is 2.70. The molecule has 2 aromatic rings. The van der Waals surface area contributed by atoms with Gasteiger partial charge in [-0.2, -0.15) is 0 Å². The van der Waals surface area contributed by atoms with Gasteiger partial charge >= 0.3 is 0 Å². The maximum Gasteiger partial charge on any atom is 0.114 e. The minimum atomic E-state index is 0.148. The van der Waals surface area contributed by atoms with Crippen molar-refractivity contribution in [2.75, 3.05) is 0 Å². The number of thiophene rings is 1. The van der Waals surface area contributed by atoms with E-state index in [0.29, 0.717) is 0 Å². The summed E-state index contributed by atoms with van der Waals surface area (Å²) >= 11 is 7.05. The topological polar surface area (TPSA) is 39.2 Å².